The van der Waals surface area contributed by atoms with Gasteiger partial charge in [0.25, 0.3) is 0 Å². The summed E-state index contributed by atoms with van der Waals surface area (Å²) in [5, 5.41) is 14.6. The van der Waals surface area contributed by atoms with Gasteiger partial charge in [-0.05, 0) is 19.3 Å². The van der Waals surface area contributed by atoms with Crippen LogP contribution in [0.25, 0.3) is 0 Å². The van der Waals surface area contributed by atoms with E-state index >= 15 is 0 Å². The molecule has 0 saturated carbocycles. The molecule has 1 aromatic carbocycles. The van der Waals surface area contributed by atoms with Crippen LogP contribution < -0.4 is 25.0 Å². The van der Waals surface area contributed by atoms with Gasteiger partial charge in [0.15, 0.2) is 5.96 Å². The molecule has 166 valence electrons. The predicted molar refractivity (Wildman–Crippen MR) is 129 cm³/mol. The molecule has 0 bridgehead atoms. The Balaban J connectivity index is 0.00000320. The summed E-state index contributed by atoms with van der Waals surface area (Å²) in [7, 11) is 5.16. The highest BCUT2D eigenvalue weighted by Gasteiger charge is 2.24. The molecule has 1 aliphatic rings. The Labute approximate surface area is 195 Å². The fraction of sp³-hybridized carbons (Fsp3) is 0.550. The first-order chi connectivity index (χ1) is 14.2. The summed E-state index contributed by atoms with van der Waals surface area (Å²) in [6.45, 7) is 3.70. The van der Waals surface area contributed by atoms with Crippen molar-refractivity contribution in [3.8, 4) is 11.5 Å². The SMILES string of the molecule is CN=C(NCCCCn1cnnc1)NC1CCN(c2cc(OC)cc(OC)c2)C1.I. The molecule has 1 saturated heterocycles. The van der Waals surface area contributed by atoms with E-state index < -0.39 is 0 Å². The van der Waals surface area contributed by atoms with E-state index in [1.54, 1.807) is 26.9 Å². The lowest BCUT2D eigenvalue weighted by Crippen LogP contribution is -2.44. The van der Waals surface area contributed by atoms with E-state index in [0.29, 0.717) is 6.04 Å². The molecule has 0 radical (unpaired) electrons. The van der Waals surface area contributed by atoms with Gasteiger partial charge >= 0.3 is 0 Å². The van der Waals surface area contributed by atoms with Crippen LogP contribution in [0.4, 0.5) is 5.69 Å². The monoisotopic (exact) mass is 529 g/mol. The molecule has 0 amide bonds. The van der Waals surface area contributed by atoms with Crippen LogP contribution in [0.1, 0.15) is 19.3 Å². The van der Waals surface area contributed by atoms with Crippen LogP contribution in [0.2, 0.25) is 0 Å². The average molecular weight is 529 g/mol. The number of guanidine groups is 1. The van der Waals surface area contributed by atoms with Gasteiger partial charge in [0.05, 0.1) is 14.2 Å². The van der Waals surface area contributed by atoms with Crippen molar-refractivity contribution >= 4 is 35.6 Å². The molecule has 1 atom stereocenters. The van der Waals surface area contributed by atoms with Crippen molar-refractivity contribution < 1.29 is 9.47 Å². The molecule has 0 aliphatic carbocycles. The molecule has 9 nitrogen and oxygen atoms in total. The fourth-order valence-electron chi connectivity index (χ4n) is 3.44. The minimum Gasteiger partial charge on any atom is -0.497 e. The number of hydrogen-bond donors (Lipinski definition) is 2. The van der Waals surface area contributed by atoms with Crippen molar-refractivity contribution in [3.63, 3.8) is 0 Å². The molecule has 1 aromatic heterocycles. The van der Waals surface area contributed by atoms with Gasteiger partial charge in [0.1, 0.15) is 24.2 Å². The van der Waals surface area contributed by atoms with E-state index in [1.807, 2.05) is 29.8 Å². The van der Waals surface area contributed by atoms with Gasteiger partial charge in [-0.2, -0.15) is 0 Å². The second kappa shape index (κ2) is 12.5. The van der Waals surface area contributed by atoms with Gasteiger partial charge in [-0.25, -0.2) is 0 Å². The quantitative estimate of drug-likeness (QED) is 0.223. The van der Waals surface area contributed by atoms with E-state index in [9.17, 15) is 0 Å². The summed E-state index contributed by atoms with van der Waals surface area (Å²) in [5.41, 5.74) is 1.11. The zero-order valence-electron chi connectivity index (χ0n) is 17.9. The molecule has 1 aliphatic heterocycles. The zero-order chi connectivity index (χ0) is 20.5. The Morgan fingerprint density at radius 3 is 2.47 bits per heavy atom. The number of nitrogens with zero attached hydrogens (tertiary/aromatic N) is 5. The number of benzene rings is 1. The van der Waals surface area contributed by atoms with Gasteiger partial charge < -0.3 is 29.6 Å². The van der Waals surface area contributed by atoms with Crippen LogP contribution in [-0.2, 0) is 6.54 Å². The third-order valence-corrected chi connectivity index (χ3v) is 5.06. The number of aromatic nitrogens is 3. The molecule has 2 heterocycles. The van der Waals surface area contributed by atoms with Crippen LogP contribution in [0.5, 0.6) is 11.5 Å². The standard InChI is InChI=1S/C20H31N7O2.HI/c1-21-20(22-7-4-5-8-26-14-23-24-15-26)25-16-6-9-27(13-16)17-10-18(28-2)12-19(11-17)29-3;/h10-12,14-16H,4-9,13H2,1-3H3,(H2,21,22,25);1H. The number of unbranched alkanes of at least 4 members (excludes halogenated alkanes) is 1. The summed E-state index contributed by atoms with van der Waals surface area (Å²) in [4.78, 5) is 6.70. The number of aliphatic imine (C=N–C) groups is 1. The Morgan fingerprint density at radius 1 is 1.13 bits per heavy atom. The number of aryl methyl sites for hydroxylation is 1. The molecule has 1 fully saturated rings. The lowest BCUT2D eigenvalue weighted by Gasteiger charge is -2.21. The van der Waals surface area contributed by atoms with Crippen molar-refractivity contribution in [1.29, 1.82) is 0 Å². The molecule has 2 aromatic rings. The summed E-state index contributed by atoms with van der Waals surface area (Å²) in [6, 6.07) is 6.33. The van der Waals surface area contributed by atoms with Crippen molar-refractivity contribution in [3.05, 3.63) is 30.9 Å². The number of ether oxygens (including phenoxy) is 2. The summed E-state index contributed by atoms with van der Waals surface area (Å²) >= 11 is 0. The van der Waals surface area contributed by atoms with Gasteiger partial charge in [-0.1, -0.05) is 0 Å². The first-order valence-electron chi connectivity index (χ1n) is 9.99. The Bertz CT molecular complexity index is 763. The molecular weight excluding hydrogens is 497 g/mol. The molecule has 1 unspecified atom stereocenters. The normalized spacial score (nSPS) is 16.2. The van der Waals surface area contributed by atoms with Crippen LogP contribution in [-0.4, -0.2) is 67.7 Å². The van der Waals surface area contributed by atoms with Crippen molar-refractivity contribution in [2.45, 2.75) is 31.8 Å². The van der Waals surface area contributed by atoms with Crippen LogP contribution in [0.3, 0.4) is 0 Å². The first-order valence-corrected chi connectivity index (χ1v) is 9.99. The van der Waals surface area contributed by atoms with Crippen molar-refractivity contribution in [2.24, 2.45) is 4.99 Å². The third kappa shape index (κ3) is 6.92. The highest BCUT2D eigenvalue weighted by molar-refractivity contribution is 14.0. The van der Waals surface area contributed by atoms with Gasteiger partial charge in [0, 0.05) is 63.2 Å². The van der Waals surface area contributed by atoms with Gasteiger partial charge in [-0.3, -0.25) is 4.99 Å². The number of nitrogens with one attached hydrogen (secondary N) is 2. The highest BCUT2D eigenvalue weighted by Crippen LogP contribution is 2.30. The fourth-order valence-corrected chi connectivity index (χ4v) is 3.44. The lowest BCUT2D eigenvalue weighted by molar-refractivity contribution is 0.394. The maximum absolute atomic E-state index is 5.39. The summed E-state index contributed by atoms with van der Waals surface area (Å²) in [6.07, 6.45) is 6.67. The Kier molecular flexibility index (Phi) is 9.98. The highest BCUT2D eigenvalue weighted by atomic mass is 127. The topological polar surface area (TPSA) is 88.8 Å². The average Bonchev–Trinajstić information content (AvgIpc) is 3.44. The molecular formula is C20H32IN7O2. The largest absolute Gasteiger partial charge is 0.497 e. The second-order valence-corrected chi connectivity index (χ2v) is 7.05. The minimum atomic E-state index is 0. The second-order valence-electron chi connectivity index (χ2n) is 7.05. The number of methoxy groups -OCH3 is 2. The van der Waals surface area contributed by atoms with Gasteiger partial charge in [-0.15, -0.1) is 34.2 Å². The Morgan fingerprint density at radius 2 is 1.83 bits per heavy atom. The van der Waals surface area contributed by atoms with Crippen LogP contribution >= 0.6 is 24.0 Å². The molecule has 10 heteroatoms. The van der Waals surface area contributed by atoms with Crippen LogP contribution in [0.15, 0.2) is 35.8 Å². The van der Waals surface area contributed by atoms with E-state index in [2.05, 4.69) is 30.7 Å². The maximum atomic E-state index is 5.39. The maximum Gasteiger partial charge on any atom is 0.191 e. The molecule has 0 spiro atoms. The smallest absolute Gasteiger partial charge is 0.191 e. The number of rotatable bonds is 9. The van der Waals surface area contributed by atoms with Crippen molar-refractivity contribution in [2.75, 3.05) is 45.8 Å². The van der Waals surface area contributed by atoms with E-state index in [1.165, 1.54) is 0 Å². The van der Waals surface area contributed by atoms with E-state index in [4.69, 9.17) is 9.47 Å². The van der Waals surface area contributed by atoms with E-state index in [0.717, 1.165) is 68.6 Å². The van der Waals surface area contributed by atoms with Crippen LogP contribution in [0, 0.1) is 0 Å². The number of halogens is 1. The lowest BCUT2D eigenvalue weighted by atomic mass is 10.2. The summed E-state index contributed by atoms with van der Waals surface area (Å²) in [5.74, 6) is 2.46. The van der Waals surface area contributed by atoms with Gasteiger partial charge in [0.2, 0.25) is 0 Å². The van der Waals surface area contributed by atoms with E-state index in [-0.39, 0.29) is 24.0 Å². The third-order valence-electron chi connectivity index (χ3n) is 5.06. The Hall–Kier alpha value is -2.24. The minimum absolute atomic E-state index is 0. The number of anilines is 1. The summed E-state index contributed by atoms with van der Waals surface area (Å²) < 4.78 is 12.8. The first kappa shape index (κ1) is 24.0. The molecule has 3 rings (SSSR count). The molecule has 2 N–H and O–H groups in total. The zero-order valence-corrected chi connectivity index (χ0v) is 20.2. The molecule has 30 heavy (non-hydrogen) atoms. The van der Waals surface area contributed by atoms with Crippen molar-refractivity contribution in [1.82, 2.24) is 25.4 Å². The number of hydrogen-bond acceptors (Lipinski definition) is 6. The predicted octanol–water partition coefficient (Wildman–Crippen LogP) is 2.14.